The van der Waals surface area contributed by atoms with Crippen LogP contribution in [0.5, 0.6) is 0 Å². The SMILES string of the molecule is O=C(NCCn1ccnc1)c1cc2cc(C3(O)CCNCC3)ccc2o1. The Kier molecular flexibility index (Phi) is 4.48. The summed E-state index contributed by atoms with van der Waals surface area (Å²) < 4.78 is 7.56. The minimum Gasteiger partial charge on any atom is -0.451 e. The molecule has 1 saturated heterocycles. The zero-order valence-electron chi connectivity index (χ0n) is 14.4. The van der Waals surface area contributed by atoms with Crippen LogP contribution in [0.1, 0.15) is 29.0 Å². The monoisotopic (exact) mass is 354 g/mol. The van der Waals surface area contributed by atoms with Crippen LogP contribution in [0.3, 0.4) is 0 Å². The van der Waals surface area contributed by atoms with Crippen LogP contribution in [0.4, 0.5) is 0 Å². The molecule has 3 heterocycles. The van der Waals surface area contributed by atoms with Crippen LogP contribution < -0.4 is 10.6 Å². The van der Waals surface area contributed by atoms with Gasteiger partial charge >= 0.3 is 0 Å². The van der Waals surface area contributed by atoms with E-state index >= 15 is 0 Å². The van der Waals surface area contributed by atoms with Gasteiger partial charge in [0.1, 0.15) is 5.58 Å². The van der Waals surface area contributed by atoms with Crippen molar-refractivity contribution in [3.05, 3.63) is 54.3 Å². The Morgan fingerprint density at radius 3 is 2.96 bits per heavy atom. The predicted molar refractivity (Wildman–Crippen MR) is 96.8 cm³/mol. The molecule has 0 aliphatic carbocycles. The van der Waals surface area contributed by atoms with Crippen LogP contribution in [-0.4, -0.2) is 40.2 Å². The molecule has 1 aliphatic heterocycles. The molecule has 0 saturated carbocycles. The molecular weight excluding hydrogens is 332 g/mol. The summed E-state index contributed by atoms with van der Waals surface area (Å²) in [6.45, 7) is 2.73. The summed E-state index contributed by atoms with van der Waals surface area (Å²) in [4.78, 5) is 16.3. The fraction of sp³-hybridized carbons (Fsp3) is 0.368. The summed E-state index contributed by atoms with van der Waals surface area (Å²) in [5, 5.41) is 17.8. The second-order valence-corrected chi connectivity index (χ2v) is 6.70. The molecule has 2 aromatic heterocycles. The van der Waals surface area contributed by atoms with Crippen molar-refractivity contribution in [3.8, 4) is 0 Å². The highest BCUT2D eigenvalue weighted by molar-refractivity contribution is 5.96. The molecule has 0 unspecified atom stereocenters. The first-order valence-corrected chi connectivity index (χ1v) is 8.85. The Bertz CT molecular complexity index is 895. The van der Waals surface area contributed by atoms with Crippen LogP contribution in [-0.2, 0) is 12.1 Å². The van der Waals surface area contributed by atoms with Crippen LogP contribution in [0.25, 0.3) is 11.0 Å². The molecule has 0 atom stereocenters. The van der Waals surface area contributed by atoms with Crippen molar-refractivity contribution in [2.75, 3.05) is 19.6 Å². The third kappa shape index (κ3) is 3.36. The number of piperidine rings is 1. The summed E-state index contributed by atoms with van der Waals surface area (Å²) >= 11 is 0. The highest BCUT2D eigenvalue weighted by Gasteiger charge is 2.31. The lowest BCUT2D eigenvalue weighted by Crippen LogP contribution is -2.39. The van der Waals surface area contributed by atoms with Crippen molar-refractivity contribution in [1.82, 2.24) is 20.2 Å². The molecule has 7 nitrogen and oxygen atoms in total. The minimum atomic E-state index is -0.816. The van der Waals surface area contributed by atoms with E-state index in [0.717, 1.165) is 24.0 Å². The Labute approximate surface area is 151 Å². The Morgan fingerprint density at radius 1 is 1.35 bits per heavy atom. The van der Waals surface area contributed by atoms with Crippen LogP contribution in [0, 0.1) is 0 Å². The molecule has 4 rings (SSSR count). The summed E-state index contributed by atoms with van der Waals surface area (Å²) in [5.74, 6) is 0.0310. The second-order valence-electron chi connectivity index (χ2n) is 6.70. The number of rotatable bonds is 5. The van der Waals surface area contributed by atoms with E-state index in [1.165, 1.54) is 0 Å². The number of imidazole rings is 1. The number of nitrogens with one attached hydrogen (secondary N) is 2. The number of hydrogen-bond donors (Lipinski definition) is 3. The molecule has 0 bridgehead atoms. The predicted octanol–water partition coefficient (Wildman–Crippen LogP) is 1.63. The minimum absolute atomic E-state index is 0.247. The van der Waals surface area contributed by atoms with Gasteiger partial charge in [-0.1, -0.05) is 6.07 Å². The maximum atomic E-state index is 12.3. The average Bonchev–Trinajstić information content (AvgIpc) is 3.31. The number of aliphatic hydroxyl groups is 1. The molecule has 1 aromatic carbocycles. The number of carbonyl (C=O) groups excluding carboxylic acids is 1. The van der Waals surface area contributed by atoms with E-state index in [2.05, 4.69) is 15.6 Å². The van der Waals surface area contributed by atoms with Gasteiger partial charge in [0, 0.05) is 30.9 Å². The van der Waals surface area contributed by atoms with Gasteiger partial charge in [0.25, 0.3) is 5.91 Å². The standard InChI is InChI=1S/C19H22N4O3/c24-18(22-8-10-23-9-7-21-13-23)17-12-14-11-15(1-2-16(14)26-17)19(25)3-5-20-6-4-19/h1-2,7,9,11-13,20,25H,3-6,8,10H2,(H,22,24). The van der Waals surface area contributed by atoms with Gasteiger partial charge < -0.3 is 24.7 Å². The molecule has 1 amide bonds. The van der Waals surface area contributed by atoms with Crippen molar-refractivity contribution < 1.29 is 14.3 Å². The van der Waals surface area contributed by atoms with Crippen molar-refractivity contribution in [3.63, 3.8) is 0 Å². The number of aromatic nitrogens is 2. The Morgan fingerprint density at radius 2 is 2.19 bits per heavy atom. The summed E-state index contributed by atoms with van der Waals surface area (Å²) in [7, 11) is 0. The molecule has 0 radical (unpaired) electrons. The van der Waals surface area contributed by atoms with Crippen LogP contribution in [0.15, 0.2) is 47.4 Å². The van der Waals surface area contributed by atoms with E-state index in [4.69, 9.17) is 4.42 Å². The first-order chi connectivity index (χ1) is 12.6. The van der Waals surface area contributed by atoms with Crippen molar-refractivity contribution in [2.24, 2.45) is 0 Å². The lowest BCUT2D eigenvalue weighted by Gasteiger charge is -2.33. The molecule has 136 valence electrons. The molecule has 3 N–H and O–H groups in total. The number of carbonyl (C=O) groups is 1. The Hall–Kier alpha value is -2.64. The molecule has 26 heavy (non-hydrogen) atoms. The number of fused-ring (bicyclic) bond motifs is 1. The van der Waals surface area contributed by atoms with Crippen LogP contribution in [0.2, 0.25) is 0 Å². The number of nitrogens with zero attached hydrogens (tertiary/aromatic N) is 2. The second kappa shape index (κ2) is 6.93. The van der Waals surface area contributed by atoms with Gasteiger partial charge in [-0.25, -0.2) is 4.98 Å². The lowest BCUT2D eigenvalue weighted by atomic mass is 9.85. The zero-order valence-corrected chi connectivity index (χ0v) is 14.4. The summed E-state index contributed by atoms with van der Waals surface area (Å²) in [6, 6.07) is 7.37. The number of amides is 1. The van der Waals surface area contributed by atoms with Gasteiger partial charge in [-0.05, 0) is 49.7 Å². The van der Waals surface area contributed by atoms with Crippen LogP contribution >= 0.6 is 0 Å². The quantitative estimate of drug-likeness (QED) is 0.648. The van der Waals surface area contributed by atoms with Crippen molar-refractivity contribution >= 4 is 16.9 Å². The van der Waals surface area contributed by atoms with Gasteiger partial charge in [-0.3, -0.25) is 4.79 Å². The van der Waals surface area contributed by atoms with E-state index in [9.17, 15) is 9.90 Å². The summed E-state index contributed by atoms with van der Waals surface area (Å²) in [5.41, 5.74) is 0.703. The maximum absolute atomic E-state index is 12.3. The Balaban J connectivity index is 1.47. The number of furan rings is 1. The molecular formula is C19H22N4O3. The molecule has 3 aromatic rings. The largest absolute Gasteiger partial charge is 0.451 e. The first kappa shape index (κ1) is 16.8. The maximum Gasteiger partial charge on any atom is 0.287 e. The third-order valence-corrected chi connectivity index (χ3v) is 4.92. The van der Waals surface area contributed by atoms with E-state index in [1.807, 2.05) is 29.0 Å². The zero-order chi connectivity index (χ0) is 18.0. The van der Waals surface area contributed by atoms with Gasteiger partial charge in [-0.15, -0.1) is 0 Å². The van der Waals surface area contributed by atoms with E-state index < -0.39 is 5.60 Å². The number of benzene rings is 1. The van der Waals surface area contributed by atoms with Gasteiger partial charge in [0.15, 0.2) is 5.76 Å². The van der Waals surface area contributed by atoms with Gasteiger partial charge in [0.2, 0.25) is 0 Å². The van der Waals surface area contributed by atoms with Gasteiger partial charge in [0.05, 0.1) is 11.9 Å². The topological polar surface area (TPSA) is 92.3 Å². The van der Waals surface area contributed by atoms with Crippen molar-refractivity contribution in [2.45, 2.75) is 25.0 Å². The van der Waals surface area contributed by atoms with Gasteiger partial charge in [-0.2, -0.15) is 0 Å². The average molecular weight is 354 g/mol. The highest BCUT2D eigenvalue weighted by atomic mass is 16.3. The van der Waals surface area contributed by atoms with E-state index in [-0.39, 0.29) is 11.7 Å². The first-order valence-electron chi connectivity index (χ1n) is 8.85. The molecule has 0 spiro atoms. The fourth-order valence-corrected chi connectivity index (χ4v) is 3.38. The molecule has 1 fully saturated rings. The lowest BCUT2D eigenvalue weighted by molar-refractivity contribution is 0.00605. The normalized spacial score (nSPS) is 16.7. The fourth-order valence-electron chi connectivity index (χ4n) is 3.38. The smallest absolute Gasteiger partial charge is 0.287 e. The summed E-state index contributed by atoms with van der Waals surface area (Å²) in [6.07, 6.45) is 6.62. The third-order valence-electron chi connectivity index (χ3n) is 4.92. The van der Waals surface area contributed by atoms with Crippen molar-refractivity contribution in [1.29, 1.82) is 0 Å². The van der Waals surface area contributed by atoms with E-state index in [1.54, 1.807) is 18.6 Å². The molecule has 1 aliphatic rings. The highest BCUT2D eigenvalue weighted by Crippen LogP contribution is 2.33. The van der Waals surface area contributed by atoms with E-state index in [0.29, 0.717) is 31.5 Å². The number of hydrogen-bond acceptors (Lipinski definition) is 5. The molecule has 7 heteroatoms.